The first-order valence-electron chi connectivity index (χ1n) is 6.23. The van der Waals surface area contributed by atoms with Crippen LogP contribution in [0.5, 0.6) is 0 Å². The first-order valence-corrected chi connectivity index (χ1v) is 6.61. The molecule has 0 aliphatic carbocycles. The largest absolute Gasteiger partial charge is 0.416 e. The molecular weight excluding hydrogens is 305 g/mol. The molecule has 0 atom stereocenters. The van der Waals surface area contributed by atoms with E-state index in [2.05, 4.69) is 4.98 Å². The molecule has 0 aliphatic rings. The van der Waals surface area contributed by atoms with E-state index in [9.17, 15) is 18.0 Å². The number of rotatable bonds is 3. The third-order valence-corrected chi connectivity index (χ3v) is 3.16. The Kier molecular flexibility index (Phi) is 4.37. The smallest absolute Gasteiger partial charge is 0.292 e. The predicted molar refractivity (Wildman–Crippen MR) is 73.4 cm³/mol. The number of aryl methyl sites for hydroxylation is 1. The van der Waals surface area contributed by atoms with Crippen molar-refractivity contribution in [1.82, 2.24) is 9.55 Å². The number of hydrogen-bond acceptors (Lipinski definition) is 2. The minimum absolute atomic E-state index is 0.0239. The van der Waals surface area contributed by atoms with Crippen LogP contribution in [0.15, 0.2) is 35.1 Å². The van der Waals surface area contributed by atoms with Gasteiger partial charge in [-0.15, -0.1) is 0 Å². The van der Waals surface area contributed by atoms with E-state index < -0.39 is 11.7 Å². The molecule has 0 unspecified atom stereocenters. The van der Waals surface area contributed by atoms with E-state index in [1.54, 1.807) is 6.92 Å². The standard InChI is InChI=1S/C14H12ClF3N2O/c1-2-12-19-11(15)7-13(21)20(12)8-9-4-3-5-10(6-9)14(16,17)18/h3-7H,2,8H2,1H3. The Bertz CT molecular complexity index is 710. The van der Waals surface area contributed by atoms with Crippen molar-refractivity contribution in [3.8, 4) is 0 Å². The fourth-order valence-corrected chi connectivity index (χ4v) is 2.18. The lowest BCUT2D eigenvalue weighted by Gasteiger charge is -2.12. The van der Waals surface area contributed by atoms with Gasteiger partial charge in [-0.25, -0.2) is 4.98 Å². The number of benzene rings is 1. The van der Waals surface area contributed by atoms with Crippen molar-refractivity contribution in [1.29, 1.82) is 0 Å². The van der Waals surface area contributed by atoms with Crippen LogP contribution in [0.3, 0.4) is 0 Å². The van der Waals surface area contributed by atoms with Gasteiger partial charge in [0.2, 0.25) is 0 Å². The Labute approximate surface area is 124 Å². The molecule has 1 aromatic heterocycles. The maximum atomic E-state index is 12.7. The van der Waals surface area contributed by atoms with Crippen LogP contribution in [0.2, 0.25) is 5.15 Å². The molecular formula is C14H12ClF3N2O. The zero-order chi connectivity index (χ0) is 15.6. The quantitative estimate of drug-likeness (QED) is 0.812. The number of halogens is 4. The zero-order valence-corrected chi connectivity index (χ0v) is 11.9. The second kappa shape index (κ2) is 5.89. The molecule has 1 heterocycles. The SMILES string of the molecule is CCc1nc(Cl)cc(=O)n1Cc1cccc(C(F)(F)F)c1. The predicted octanol–water partition coefficient (Wildman–Crippen LogP) is 3.53. The second-order valence-electron chi connectivity index (χ2n) is 4.47. The summed E-state index contributed by atoms with van der Waals surface area (Å²) in [6, 6.07) is 6.02. The Hall–Kier alpha value is -1.82. The summed E-state index contributed by atoms with van der Waals surface area (Å²) in [7, 11) is 0. The monoisotopic (exact) mass is 316 g/mol. The lowest BCUT2D eigenvalue weighted by molar-refractivity contribution is -0.137. The molecule has 112 valence electrons. The Morgan fingerprint density at radius 3 is 2.62 bits per heavy atom. The molecule has 0 fully saturated rings. The summed E-state index contributed by atoms with van der Waals surface area (Å²) in [6.45, 7) is 1.82. The minimum Gasteiger partial charge on any atom is -0.292 e. The van der Waals surface area contributed by atoms with Gasteiger partial charge in [-0.3, -0.25) is 9.36 Å². The van der Waals surface area contributed by atoms with Crippen molar-refractivity contribution in [2.45, 2.75) is 26.1 Å². The van der Waals surface area contributed by atoms with E-state index in [0.717, 1.165) is 18.2 Å². The van der Waals surface area contributed by atoms with Gasteiger partial charge in [-0.05, 0) is 17.7 Å². The van der Waals surface area contributed by atoms with Gasteiger partial charge in [-0.1, -0.05) is 30.7 Å². The summed E-state index contributed by atoms with van der Waals surface area (Å²) in [5.74, 6) is 0.435. The Morgan fingerprint density at radius 1 is 1.29 bits per heavy atom. The molecule has 0 radical (unpaired) electrons. The fraction of sp³-hybridized carbons (Fsp3) is 0.286. The van der Waals surface area contributed by atoms with Crippen LogP contribution in [0.4, 0.5) is 13.2 Å². The second-order valence-corrected chi connectivity index (χ2v) is 4.86. The fourth-order valence-electron chi connectivity index (χ4n) is 1.99. The van der Waals surface area contributed by atoms with Crippen LogP contribution in [-0.2, 0) is 19.1 Å². The summed E-state index contributed by atoms with van der Waals surface area (Å²) >= 11 is 5.72. The van der Waals surface area contributed by atoms with E-state index in [-0.39, 0.29) is 17.3 Å². The molecule has 0 saturated heterocycles. The molecule has 0 amide bonds. The average Bonchev–Trinajstić information content (AvgIpc) is 2.41. The number of aromatic nitrogens is 2. The van der Waals surface area contributed by atoms with E-state index in [0.29, 0.717) is 17.8 Å². The molecule has 0 bridgehead atoms. The summed E-state index contributed by atoms with van der Waals surface area (Å²) < 4.78 is 39.4. The summed E-state index contributed by atoms with van der Waals surface area (Å²) in [6.07, 6.45) is -3.96. The molecule has 21 heavy (non-hydrogen) atoms. The molecule has 2 aromatic rings. The summed E-state index contributed by atoms with van der Waals surface area (Å²) in [4.78, 5) is 15.9. The van der Waals surface area contributed by atoms with Crippen LogP contribution >= 0.6 is 11.6 Å². The van der Waals surface area contributed by atoms with Crippen molar-refractivity contribution < 1.29 is 13.2 Å². The topological polar surface area (TPSA) is 34.9 Å². The Morgan fingerprint density at radius 2 is 2.00 bits per heavy atom. The van der Waals surface area contributed by atoms with Crippen molar-refractivity contribution >= 4 is 11.6 Å². The van der Waals surface area contributed by atoms with E-state index in [1.165, 1.54) is 16.7 Å². The van der Waals surface area contributed by atoms with Gasteiger partial charge in [0, 0.05) is 12.5 Å². The van der Waals surface area contributed by atoms with Gasteiger partial charge in [0.1, 0.15) is 11.0 Å². The van der Waals surface area contributed by atoms with Crippen molar-refractivity contribution in [3.63, 3.8) is 0 Å². The highest BCUT2D eigenvalue weighted by Crippen LogP contribution is 2.29. The molecule has 0 aliphatic heterocycles. The van der Waals surface area contributed by atoms with Crippen molar-refractivity contribution in [2.75, 3.05) is 0 Å². The number of alkyl halides is 3. The van der Waals surface area contributed by atoms with E-state index in [1.807, 2.05) is 0 Å². The maximum absolute atomic E-state index is 12.7. The van der Waals surface area contributed by atoms with Crippen LogP contribution in [0.1, 0.15) is 23.9 Å². The minimum atomic E-state index is -4.41. The number of hydrogen-bond donors (Lipinski definition) is 0. The molecule has 0 saturated carbocycles. The van der Waals surface area contributed by atoms with Crippen molar-refractivity contribution in [2.24, 2.45) is 0 Å². The van der Waals surface area contributed by atoms with Gasteiger partial charge in [0.25, 0.3) is 5.56 Å². The van der Waals surface area contributed by atoms with Gasteiger partial charge in [-0.2, -0.15) is 13.2 Å². The van der Waals surface area contributed by atoms with Gasteiger partial charge < -0.3 is 0 Å². The molecule has 0 spiro atoms. The molecule has 0 N–H and O–H groups in total. The van der Waals surface area contributed by atoms with E-state index in [4.69, 9.17) is 11.6 Å². The summed E-state index contributed by atoms with van der Waals surface area (Å²) in [5, 5.41) is 0.0807. The lowest BCUT2D eigenvalue weighted by Crippen LogP contribution is -2.25. The van der Waals surface area contributed by atoms with E-state index >= 15 is 0 Å². The maximum Gasteiger partial charge on any atom is 0.416 e. The van der Waals surface area contributed by atoms with Crippen LogP contribution in [0, 0.1) is 0 Å². The van der Waals surface area contributed by atoms with Crippen LogP contribution in [0.25, 0.3) is 0 Å². The first kappa shape index (κ1) is 15.6. The summed E-state index contributed by atoms with van der Waals surface area (Å²) in [5.41, 5.74) is -0.747. The highest BCUT2D eigenvalue weighted by Gasteiger charge is 2.30. The number of nitrogens with zero attached hydrogens (tertiary/aromatic N) is 2. The Balaban J connectivity index is 2.42. The normalized spacial score (nSPS) is 11.7. The molecule has 7 heteroatoms. The van der Waals surface area contributed by atoms with Crippen LogP contribution < -0.4 is 5.56 Å². The molecule has 2 rings (SSSR count). The third kappa shape index (κ3) is 3.64. The molecule has 3 nitrogen and oxygen atoms in total. The lowest BCUT2D eigenvalue weighted by atomic mass is 10.1. The molecule has 1 aromatic carbocycles. The highest BCUT2D eigenvalue weighted by molar-refractivity contribution is 6.29. The van der Waals surface area contributed by atoms with Gasteiger partial charge >= 0.3 is 6.18 Å². The van der Waals surface area contributed by atoms with Crippen LogP contribution in [-0.4, -0.2) is 9.55 Å². The average molecular weight is 317 g/mol. The third-order valence-electron chi connectivity index (χ3n) is 2.97. The zero-order valence-electron chi connectivity index (χ0n) is 11.1. The highest BCUT2D eigenvalue weighted by atomic mass is 35.5. The van der Waals surface area contributed by atoms with Gasteiger partial charge in [0.05, 0.1) is 12.1 Å². The first-order chi connectivity index (χ1) is 9.81. The van der Waals surface area contributed by atoms with Gasteiger partial charge in [0.15, 0.2) is 0 Å². The van der Waals surface area contributed by atoms with Crippen molar-refractivity contribution in [3.05, 3.63) is 62.8 Å².